The summed E-state index contributed by atoms with van der Waals surface area (Å²) in [5.41, 5.74) is 0. The topological polar surface area (TPSA) is 9.23 Å². The largest absolute Gasteiger partial charge is 0.373 e. The number of hydrogen-bond donors (Lipinski definition) is 0. The molecule has 1 aliphatic carbocycles. The van der Waals surface area contributed by atoms with E-state index in [1.165, 1.54) is 0 Å². The molecule has 15 heavy (non-hydrogen) atoms. The lowest BCUT2D eigenvalue weighted by Crippen LogP contribution is -2.79. The van der Waals surface area contributed by atoms with Crippen molar-refractivity contribution in [3.8, 4) is 0 Å². The highest BCUT2D eigenvalue weighted by Crippen LogP contribution is 2.61. The normalized spacial score (nSPS) is 37.4. The van der Waals surface area contributed by atoms with Crippen LogP contribution in [0.1, 0.15) is 19.8 Å². The lowest BCUT2D eigenvalue weighted by atomic mass is 9.80. The van der Waals surface area contributed by atoms with E-state index in [9.17, 15) is 26.3 Å². The van der Waals surface area contributed by atoms with Crippen LogP contribution in [0.2, 0.25) is 0 Å². The summed E-state index contributed by atoms with van der Waals surface area (Å²) in [6.07, 6.45) is -2.92. The maximum atomic E-state index is 13.1. The molecule has 1 nitrogen and oxygen atoms in total. The van der Waals surface area contributed by atoms with Crippen LogP contribution in [0.5, 0.6) is 0 Å². The quantitative estimate of drug-likeness (QED) is 0.538. The summed E-state index contributed by atoms with van der Waals surface area (Å²) < 4.78 is 79.1. The summed E-state index contributed by atoms with van der Waals surface area (Å²) in [4.78, 5) is 0. The molecule has 0 aromatic rings. The fourth-order valence-electron chi connectivity index (χ4n) is 1.23. The Morgan fingerprint density at radius 3 is 2.07 bits per heavy atom. The van der Waals surface area contributed by atoms with E-state index in [0.717, 1.165) is 0 Å². The molecule has 2 atom stereocenters. The van der Waals surface area contributed by atoms with Gasteiger partial charge in [0.05, 0.1) is 6.61 Å². The molecule has 1 aliphatic rings. The summed E-state index contributed by atoms with van der Waals surface area (Å²) in [7, 11) is 0. The fourth-order valence-corrected chi connectivity index (χ4v) is 1.23. The van der Waals surface area contributed by atoms with Crippen molar-refractivity contribution in [3.05, 3.63) is 0 Å². The summed E-state index contributed by atoms with van der Waals surface area (Å²) in [5, 5.41) is 0. The van der Waals surface area contributed by atoms with Crippen LogP contribution in [-0.2, 0) is 4.74 Å². The Balaban J connectivity index is 2.70. The van der Waals surface area contributed by atoms with Gasteiger partial charge in [0.2, 0.25) is 6.17 Å². The van der Waals surface area contributed by atoms with Gasteiger partial charge in [-0.1, -0.05) is 13.3 Å². The molecule has 1 saturated carbocycles. The van der Waals surface area contributed by atoms with Crippen LogP contribution in [0, 0.1) is 0 Å². The molecule has 0 N–H and O–H groups in total. The van der Waals surface area contributed by atoms with E-state index in [4.69, 9.17) is 0 Å². The predicted molar refractivity (Wildman–Crippen MR) is 39.5 cm³/mol. The van der Waals surface area contributed by atoms with Gasteiger partial charge >= 0.3 is 17.7 Å². The molecule has 0 spiro atoms. The molecular weight excluding hydrogens is 226 g/mol. The Hall–Kier alpha value is -0.460. The van der Waals surface area contributed by atoms with Crippen molar-refractivity contribution in [3.63, 3.8) is 0 Å². The van der Waals surface area contributed by atoms with Gasteiger partial charge in [-0.25, -0.2) is 8.78 Å². The average Bonchev–Trinajstić information content (AvgIpc) is 2.15. The molecule has 0 bridgehead atoms. The molecule has 1 rings (SSSR count). The van der Waals surface area contributed by atoms with Crippen LogP contribution in [0.4, 0.5) is 26.3 Å². The second-order valence-electron chi connectivity index (χ2n) is 3.41. The number of hydrogen-bond acceptors (Lipinski definition) is 1. The monoisotopic (exact) mass is 236 g/mol. The Morgan fingerprint density at radius 2 is 1.67 bits per heavy atom. The predicted octanol–water partition coefficient (Wildman–Crippen LogP) is 3.09. The van der Waals surface area contributed by atoms with Crippen LogP contribution in [0.3, 0.4) is 0 Å². The van der Waals surface area contributed by atoms with Gasteiger partial charge in [0.1, 0.15) is 0 Å². The number of rotatable bonds is 4. The molecule has 0 aromatic heterocycles. The second-order valence-corrected chi connectivity index (χ2v) is 3.41. The molecule has 7 heteroatoms. The Kier molecular flexibility index (Phi) is 2.97. The molecule has 0 aromatic carbocycles. The zero-order valence-corrected chi connectivity index (χ0v) is 7.87. The fraction of sp³-hybridized carbons (Fsp3) is 1.00. The third-order valence-corrected chi connectivity index (χ3v) is 2.30. The summed E-state index contributed by atoms with van der Waals surface area (Å²) >= 11 is 0. The van der Waals surface area contributed by atoms with Crippen molar-refractivity contribution < 1.29 is 31.1 Å². The SMILES string of the molecule is CCCCOC1(F)C(F)C(F)(F)C1(F)F. The third-order valence-electron chi connectivity index (χ3n) is 2.30. The van der Waals surface area contributed by atoms with Gasteiger partial charge in [-0.2, -0.15) is 17.6 Å². The van der Waals surface area contributed by atoms with Crippen LogP contribution in [-0.4, -0.2) is 30.5 Å². The van der Waals surface area contributed by atoms with Gasteiger partial charge in [0, 0.05) is 0 Å². The summed E-state index contributed by atoms with van der Waals surface area (Å²) in [6, 6.07) is 0. The zero-order chi connectivity index (χ0) is 11.9. The van der Waals surface area contributed by atoms with Crippen molar-refractivity contribution in [1.82, 2.24) is 0 Å². The number of unbranched alkanes of at least 4 members (excludes halogenated alkanes) is 1. The molecule has 0 amide bonds. The lowest BCUT2D eigenvalue weighted by molar-refractivity contribution is -0.464. The van der Waals surface area contributed by atoms with Crippen molar-refractivity contribution in [2.24, 2.45) is 0 Å². The van der Waals surface area contributed by atoms with Crippen LogP contribution in [0.25, 0.3) is 0 Å². The van der Waals surface area contributed by atoms with E-state index < -0.39 is 30.5 Å². The van der Waals surface area contributed by atoms with Gasteiger partial charge in [-0.15, -0.1) is 0 Å². The molecule has 0 aliphatic heterocycles. The highest BCUT2D eigenvalue weighted by Gasteiger charge is 2.91. The first-order chi connectivity index (χ1) is 6.72. The summed E-state index contributed by atoms with van der Waals surface area (Å²) in [6.45, 7) is 1.15. The van der Waals surface area contributed by atoms with E-state index >= 15 is 0 Å². The molecule has 0 radical (unpaired) electrons. The van der Waals surface area contributed by atoms with Gasteiger partial charge in [0.25, 0.3) is 0 Å². The number of alkyl halides is 6. The van der Waals surface area contributed by atoms with E-state index in [2.05, 4.69) is 4.74 Å². The Morgan fingerprint density at radius 1 is 1.13 bits per heavy atom. The van der Waals surface area contributed by atoms with Gasteiger partial charge in [0.15, 0.2) is 0 Å². The molecule has 0 heterocycles. The standard InChI is InChI=1S/C8H10F6O/c1-2-3-4-15-7(12)5(9)6(10,11)8(7,13)14/h5H,2-4H2,1H3. The molecule has 1 fully saturated rings. The van der Waals surface area contributed by atoms with Crippen LogP contribution >= 0.6 is 0 Å². The Labute approximate surface area is 82.4 Å². The number of ether oxygens (including phenoxy) is 1. The van der Waals surface area contributed by atoms with Gasteiger partial charge in [-0.3, -0.25) is 0 Å². The van der Waals surface area contributed by atoms with Crippen molar-refractivity contribution in [1.29, 1.82) is 0 Å². The van der Waals surface area contributed by atoms with Crippen LogP contribution in [0.15, 0.2) is 0 Å². The minimum Gasteiger partial charge on any atom is -0.339 e. The first-order valence-corrected chi connectivity index (χ1v) is 4.44. The van der Waals surface area contributed by atoms with E-state index in [1.807, 2.05) is 0 Å². The van der Waals surface area contributed by atoms with Crippen molar-refractivity contribution in [2.45, 2.75) is 43.6 Å². The smallest absolute Gasteiger partial charge is 0.339 e. The number of halogens is 6. The maximum absolute atomic E-state index is 13.1. The third kappa shape index (κ3) is 1.43. The maximum Gasteiger partial charge on any atom is 0.373 e. The van der Waals surface area contributed by atoms with E-state index in [1.54, 1.807) is 6.92 Å². The summed E-state index contributed by atoms with van der Waals surface area (Å²) in [5.74, 6) is -14.3. The van der Waals surface area contributed by atoms with Crippen LogP contribution < -0.4 is 0 Å². The first-order valence-electron chi connectivity index (χ1n) is 4.44. The highest BCUT2D eigenvalue weighted by atomic mass is 19.3. The van der Waals surface area contributed by atoms with Crippen molar-refractivity contribution in [2.75, 3.05) is 6.61 Å². The first kappa shape index (κ1) is 12.6. The Bertz CT molecular complexity index is 243. The minimum atomic E-state index is -5.10. The van der Waals surface area contributed by atoms with Gasteiger partial charge < -0.3 is 4.74 Å². The van der Waals surface area contributed by atoms with E-state index in [-0.39, 0.29) is 6.42 Å². The second kappa shape index (κ2) is 3.54. The zero-order valence-electron chi connectivity index (χ0n) is 7.87. The van der Waals surface area contributed by atoms with Crippen molar-refractivity contribution >= 4 is 0 Å². The molecule has 0 saturated heterocycles. The lowest BCUT2D eigenvalue weighted by Gasteiger charge is -2.49. The molecule has 2 unspecified atom stereocenters. The highest BCUT2D eigenvalue weighted by molar-refractivity contribution is 5.18. The van der Waals surface area contributed by atoms with Gasteiger partial charge in [-0.05, 0) is 6.42 Å². The average molecular weight is 236 g/mol. The molecular formula is C8H10F6O. The minimum absolute atomic E-state index is 0.194. The van der Waals surface area contributed by atoms with E-state index in [0.29, 0.717) is 6.42 Å². The molecule has 90 valence electrons.